The number of carbonyl (C=O) groups is 1. The number of hydrogen-bond acceptors (Lipinski definition) is 5. The first-order valence-corrected chi connectivity index (χ1v) is 10.8. The number of nitrogens with zero attached hydrogens (tertiary/aromatic N) is 2. The van der Waals surface area contributed by atoms with Gasteiger partial charge in [-0.05, 0) is 61.4 Å². The number of hydrogen-bond donors (Lipinski definition) is 0. The third-order valence-corrected chi connectivity index (χ3v) is 5.42. The molecule has 2 heterocycles. The van der Waals surface area contributed by atoms with Gasteiger partial charge in [0.15, 0.2) is 0 Å². The molecule has 1 aromatic heterocycles. The van der Waals surface area contributed by atoms with E-state index in [0.29, 0.717) is 23.0 Å². The van der Waals surface area contributed by atoms with E-state index in [1.807, 2.05) is 24.3 Å². The second-order valence-corrected chi connectivity index (χ2v) is 7.63. The van der Waals surface area contributed by atoms with E-state index in [1.165, 1.54) is 12.1 Å². The van der Waals surface area contributed by atoms with Crippen LogP contribution in [0.2, 0.25) is 0 Å². The highest BCUT2D eigenvalue weighted by Crippen LogP contribution is 2.42. The highest BCUT2D eigenvalue weighted by molar-refractivity contribution is 5.93. The molecule has 4 rings (SSSR count). The van der Waals surface area contributed by atoms with Crippen molar-refractivity contribution in [3.05, 3.63) is 107 Å². The molecule has 0 spiro atoms. The fraction of sp³-hybridized carbons (Fsp3) is 0.185. The summed E-state index contributed by atoms with van der Waals surface area (Å²) in [5.41, 5.74) is 2.14. The summed E-state index contributed by atoms with van der Waals surface area (Å²) in [6, 6.07) is 19.2. The van der Waals surface area contributed by atoms with Crippen molar-refractivity contribution in [2.75, 3.05) is 6.61 Å². The van der Waals surface area contributed by atoms with Crippen LogP contribution in [0.25, 0.3) is 5.88 Å². The minimum Gasteiger partial charge on any atom is -0.489 e. The number of rotatable bonds is 7. The summed E-state index contributed by atoms with van der Waals surface area (Å²) in [5.74, 6) is -0.164. The van der Waals surface area contributed by atoms with Crippen LogP contribution in [0.1, 0.15) is 30.9 Å². The number of ether oxygens (including phenoxy) is 3. The fourth-order valence-corrected chi connectivity index (χ4v) is 3.81. The number of halogens is 1. The van der Waals surface area contributed by atoms with E-state index in [-0.39, 0.29) is 24.6 Å². The SMILES string of the molecule is CCOC(=O)C1=C(C)OC(n2cccc2)=C(C#N)[C@@H]1c1ccc(OCc2ccc(F)cc2)cc1. The van der Waals surface area contributed by atoms with Crippen molar-refractivity contribution in [1.82, 2.24) is 4.57 Å². The van der Waals surface area contributed by atoms with Crippen LogP contribution in [-0.4, -0.2) is 17.1 Å². The van der Waals surface area contributed by atoms with Crippen molar-refractivity contribution in [3.63, 3.8) is 0 Å². The van der Waals surface area contributed by atoms with Crippen LogP contribution in [0.4, 0.5) is 4.39 Å². The van der Waals surface area contributed by atoms with Gasteiger partial charge in [0, 0.05) is 12.4 Å². The maximum Gasteiger partial charge on any atom is 0.338 e. The van der Waals surface area contributed by atoms with Gasteiger partial charge in [0.25, 0.3) is 0 Å². The predicted molar refractivity (Wildman–Crippen MR) is 124 cm³/mol. The Labute approximate surface area is 197 Å². The minimum absolute atomic E-state index is 0.203. The number of esters is 1. The Balaban J connectivity index is 1.67. The maximum absolute atomic E-state index is 13.1. The molecule has 0 fully saturated rings. The van der Waals surface area contributed by atoms with Gasteiger partial charge in [0.05, 0.1) is 18.1 Å². The molecule has 0 bridgehead atoms. The normalized spacial score (nSPS) is 15.5. The minimum atomic E-state index is -0.665. The van der Waals surface area contributed by atoms with Crippen LogP contribution in [-0.2, 0) is 20.9 Å². The van der Waals surface area contributed by atoms with Crippen LogP contribution in [0.5, 0.6) is 5.75 Å². The summed E-state index contributed by atoms with van der Waals surface area (Å²) in [7, 11) is 0. The Hall–Kier alpha value is -4.31. The molecule has 1 atom stereocenters. The quantitative estimate of drug-likeness (QED) is 0.434. The molecule has 0 N–H and O–H groups in total. The molecule has 6 nitrogen and oxygen atoms in total. The summed E-state index contributed by atoms with van der Waals surface area (Å²) in [4.78, 5) is 12.8. The van der Waals surface area contributed by atoms with Crippen LogP contribution < -0.4 is 4.74 Å². The standard InChI is InChI=1S/C27H23FN2O4/c1-3-32-27(31)24-18(2)34-26(30-14-4-5-15-30)23(16-29)25(24)20-8-12-22(13-9-20)33-17-19-6-10-21(28)11-7-19/h4-15,25H,3,17H2,1-2H3/t25-/m0/s1. The molecular formula is C27H23FN2O4. The topological polar surface area (TPSA) is 73.5 Å². The van der Waals surface area contributed by atoms with Crippen molar-refractivity contribution in [3.8, 4) is 11.8 Å². The second kappa shape index (κ2) is 10.1. The molecule has 0 amide bonds. The van der Waals surface area contributed by atoms with Gasteiger partial charge in [-0.2, -0.15) is 5.26 Å². The number of benzene rings is 2. The van der Waals surface area contributed by atoms with E-state index in [9.17, 15) is 14.4 Å². The molecule has 3 aromatic rings. The van der Waals surface area contributed by atoms with Crippen molar-refractivity contribution >= 4 is 11.9 Å². The zero-order valence-electron chi connectivity index (χ0n) is 18.8. The highest BCUT2D eigenvalue weighted by atomic mass is 19.1. The third-order valence-electron chi connectivity index (χ3n) is 5.42. The van der Waals surface area contributed by atoms with Crippen LogP contribution in [0.3, 0.4) is 0 Å². The van der Waals surface area contributed by atoms with Crippen molar-refractivity contribution in [2.45, 2.75) is 26.4 Å². The van der Waals surface area contributed by atoms with Gasteiger partial charge < -0.3 is 14.2 Å². The maximum atomic E-state index is 13.1. The van der Waals surface area contributed by atoms with Gasteiger partial charge in [-0.25, -0.2) is 9.18 Å². The van der Waals surface area contributed by atoms with Crippen molar-refractivity contribution < 1.29 is 23.4 Å². The van der Waals surface area contributed by atoms with Crippen LogP contribution in [0, 0.1) is 17.1 Å². The summed E-state index contributed by atoms with van der Waals surface area (Å²) in [6.45, 7) is 3.91. The van der Waals surface area contributed by atoms with Gasteiger partial charge >= 0.3 is 5.97 Å². The lowest BCUT2D eigenvalue weighted by atomic mass is 9.83. The average molecular weight is 458 g/mol. The lowest BCUT2D eigenvalue weighted by Gasteiger charge is -2.28. The monoisotopic (exact) mass is 458 g/mol. The smallest absolute Gasteiger partial charge is 0.338 e. The van der Waals surface area contributed by atoms with E-state index in [2.05, 4.69) is 6.07 Å². The summed E-state index contributed by atoms with van der Waals surface area (Å²) < 4.78 is 31.8. The number of nitriles is 1. The van der Waals surface area contributed by atoms with Crippen molar-refractivity contribution in [1.29, 1.82) is 5.26 Å². The lowest BCUT2D eigenvalue weighted by molar-refractivity contribution is -0.139. The summed E-state index contributed by atoms with van der Waals surface area (Å²) in [6.07, 6.45) is 3.55. The predicted octanol–water partition coefficient (Wildman–Crippen LogP) is 5.55. The Morgan fingerprint density at radius 1 is 1.12 bits per heavy atom. The van der Waals surface area contributed by atoms with Gasteiger partial charge in [-0.1, -0.05) is 24.3 Å². The molecule has 7 heteroatoms. The number of aromatic nitrogens is 1. The van der Waals surface area contributed by atoms with Crippen LogP contribution >= 0.6 is 0 Å². The van der Waals surface area contributed by atoms with E-state index in [0.717, 1.165) is 11.1 Å². The number of carbonyl (C=O) groups excluding carboxylic acids is 1. The summed E-state index contributed by atoms with van der Waals surface area (Å²) in [5, 5.41) is 10.1. The second-order valence-electron chi connectivity index (χ2n) is 7.63. The van der Waals surface area contributed by atoms with E-state index in [1.54, 1.807) is 55.1 Å². The molecule has 0 radical (unpaired) electrons. The Bertz CT molecular complexity index is 1270. The molecule has 2 aromatic carbocycles. The number of allylic oxidation sites excluding steroid dienone is 2. The Kier molecular flexibility index (Phi) is 6.79. The van der Waals surface area contributed by atoms with Gasteiger partial charge in [0.1, 0.15) is 35.6 Å². The van der Waals surface area contributed by atoms with Gasteiger partial charge in [-0.3, -0.25) is 4.57 Å². The van der Waals surface area contributed by atoms with E-state index in [4.69, 9.17) is 14.2 Å². The van der Waals surface area contributed by atoms with E-state index < -0.39 is 11.9 Å². The van der Waals surface area contributed by atoms with Gasteiger partial charge in [-0.15, -0.1) is 0 Å². The first-order valence-electron chi connectivity index (χ1n) is 10.8. The first-order chi connectivity index (χ1) is 16.5. The largest absolute Gasteiger partial charge is 0.489 e. The molecule has 34 heavy (non-hydrogen) atoms. The molecule has 0 saturated carbocycles. The molecule has 0 unspecified atom stereocenters. The third kappa shape index (κ3) is 4.71. The Morgan fingerprint density at radius 2 is 1.79 bits per heavy atom. The van der Waals surface area contributed by atoms with E-state index >= 15 is 0 Å². The zero-order valence-corrected chi connectivity index (χ0v) is 18.8. The summed E-state index contributed by atoms with van der Waals surface area (Å²) >= 11 is 0. The lowest BCUT2D eigenvalue weighted by Crippen LogP contribution is -2.24. The van der Waals surface area contributed by atoms with Crippen LogP contribution in [0.15, 0.2) is 90.0 Å². The molecule has 1 aliphatic rings. The molecule has 0 saturated heterocycles. The first kappa shape index (κ1) is 22.9. The highest BCUT2D eigenvalue weighted by Gasteiger charge is 2.37. The Morgan fingerprint density at radius 3 is 2.41 bits per heavy atom. The molecular weight excluding hydrogens is 435 g/mol. The molecule has 172 valence electrons. The molecule has 1 aliphatic heterocycles. The van der Waals surface area contributed by atoms with Gasteiger partial charge in [0.2, 0.25) is 5.88 Å². The molecule has 0 aliphatic carbocycles. The average Bonchev–Trinajstić information content (AvgIpc) is 3.38. The van der Waals surface area contributed by atoms with Crippen molar-refractivity contribution in [2.24, 2.45) is 0 Å². The fourth-order valence-electron chi connectivity index (χ4n) is 3.81. The zero-order chi connectivity index (χ0) is 24.1.